The first-order chi connectivity index (χ1) is 11.5. The molecule has 0 bridgehead atoms. The molecule has 1 N–H and O–H groups in total. The van der Waals surface area contributed by atoms with E-state index in [1.54, 1.807) is 24.4 Å². The molecule has 0 radical (unpaired) electrons. The fourth-order valence-corrected chi connectivity index (χ4v) is 3.04. The van der Waals surface area contributed by atoms with Crippen molar-refractivity contribution in [1.82, 2.24) is 9.88 Å². The zero-order valence-electron chi connectivity index (χ0n) is 13.4. The third-order valence-corrected chi connectivity index (χ3v) is 5.00. The molecule has 0 aliphatic carbocycles. The van der Waals surface area contributed by atoms with Crippen molar-refractivity contribution in [2.75, 3.05) is 18.4 Å². The Balaban J connectivity index is 1.73. The van der Waals surface area contributed by atoms with Crippen LogP contribution in [0.3, 0.4) is 0 Å². The number of hydrogen-bond acceptors (Lipinski definition) is 3. The second-order valence-electron chi connectivity index (χ2n) is 6.16. The first-order valence-electron chi connectivity index (χ1n) is 8.00. The Morgan fingerprint density at radius 3 is 2.54 bits per heavy atom. The van der Waals surface area contributed by atoms with Crippen LogP contribution in [0.2, 0.25) is 10.0 Å². The fraction of sp³-hybridized carbons (Fsp3) is 0.333. The van der Waals surface area contributed by atoms with Crippen LogP contribution >= 0.6 is 23.2 Å². The molecule has 1 amide bonds. The number of hydrogen-bond donors (Lipinski definition) is 1. The first kappa shape index (κ1) is 17.1. The molecule has 1 aromatic heterocycles. The monoisotopic (exact) mass is 363 g/mol. The normalized spacial score (nSPS) is 15.4. The maximum absolute atomic E-state index is 12.6. The Morgan fingerprint density at radius 1 is 1.12 bits per heavy atom. The highest BCUT2D eigenvalue weighted by molar-refractivity contribution is 6.42. The maximum atomic E-state index is 12.6. The smallest absolute Gasteiger partial charge is 0.272 e. The Morgan fingerprint density at radius 2 is 1.83 bits per heavy atom. The van der Waals surface area contributed by atoms with Crippen molar-refractivity contribution in [3.63, 3.8) is 0 Å². The lowest BCUT2D eigenvalue weighted by Crippen LogP contribution is -2.38. The highest BCUT2D eigenvalue weighted by Crippen LogP contribution is 2.27. The third-order valence-electron chi connectivity index (χ3n) is 4.26. The molecular weight excluding hydrogens is 345 g/mol. The van der Waals surface area contributed by atoms with Gasteiger partial charge in [0.05, 0.1) is 10.0 Å². The van der Waals surface area contributed by atoms with Crippen LogP contribution in [-0.4, -0.2) is 28.9 Å². The van der Waals surface area contributed by atoms with Gasteiger partial charge in [-0.3, -0.25) is 9.78 Å². The number of carbonyl (C=O) groups excluding carboxylic acids is 1. The van der Waals surface area contributed by atoms with Crippen LogP contribution in [0.1, 0.15) is 30.3 Å². The SMILES string of the molecule is CC1CCN(C(=O)c2cc(Nc3ccc(Cl)c(Cl)c3)ccn2)CC1. The highest BCUT2D eigenvalue weighted by atomic mass is 35.5. The summed E-state index contributed by atoms with van der Waals surface area (Å²) in [5.74, 6) is 0.671. The van der Waals surface area contributed by atoms with E-state index >= 15 is 0 Å². The van der Waals surface area contributed by atoms with E-state index in [4.69, 9.17) is 23.2 Å². The van der Waals surface area contributed by atoms with E-state index in [2.05, 4.69) is 17.2 Å². The van der Waals surface area contributed by atoms with Crippen molar-refractivity contribution in [2.45, 2.75) is 19.8 Å². The molecule has 2 aromatic rings. The molecule has 0 unspecified atom stereocenters. The van der Waals surface area contributed by atoms with Gasteiger partial charge < -0.3 is 10.2 Å². The molecule has 1 saturated heterocycles. The van der Waals surface area contributed by atoms with E-state index in [1.165, 1.54) is 0 Å². The number of aromatic nitrogens is 1. The number of anilines is 2. The van der Waals surface area contributed by atoms with Gasteiger partial charge in [0, 0.05) is 30.7 Å². The minimum atomic E-state index is -0.0142. The molecular formula is C18H19Cl2N3O. The largest absolute Gasteiger partial charge is 0.355 e. The molecule has 3 rings (SSSR count). The number of rotatable bonds is 3. The van der Waals surface area contributed by atoms with Gasteiger partial charge in [-0.2, -0.15) is 0 Å². The summed E-state index contributed by atoms with van der Waals surface area (Å²) in [7, 11) is 0. The number of nitrogens with zero attached hydrogens (tertiary/aromatic N) is 2. The van der Waals surface area contributed by atoms with Crippen molar-refractivity contribution in [2.24, 2.45) is 5.92 Å². The maximum Gasteiger partial charge on any atom is 0.272 e. The molecule has 4 nitrogen and oxygen atoms in total. The van der Waals surface area contributed by atoms with Crippen molar-refractivity contribution < 1.29 is 4.79 Å². The van der Waals surface area contributed by atoms with Crippen LogP contribution in [0.4, 0.5) is 11.4 Å². The number of pyridine rings is 1. The van der Waals surface area contributed by atoms with Gasteiger partial charge in [0.2, 0.25) is 0 Å². The number of likely N-dealkylation sites (tertiary alicyclic amines) is 1. The van der Waals surface area contributed by atoms with E-state index in [0.717, 1.165) is 37.3 Å². The Labute approximate surface area is 151 Å². The van der Waals surface area contributed by atoms with Crippen LogP contribution in [-0.2, 0) is 0 Å². The van der Waals surface area contributed by atoms with Gasteiger partial charge in [0.15, 0.2) is 0 Å². The predicted octanol–water partition coefficient (Wildman–Crippen LogP) is 5.00. The minimum absolute atomic E-state index is 0.0142. The Kier molecular flexibility index (Phi) is 5.27. The van der Waals surface area contributed by atoms with Crippen molar-refractivity contribution in [3.05, 3.63) is 52.3 Å². The summed E-state index contributed by atoms with van der Waals surface area (Å²) in [5.41, 5.74) is 2.05. The summed E-state index contributed by atoms with van der Waals surface area (Å²) in [6.07, 6.45) is 3.74. The zero-order chi connectivity index (χ0) is 17.1. The number of benzene rings is 1. The molecule has 24 heavy (non-hydrogen) atoms. The van der Waals surface area contributed by atoms with Gasteiger partial charge in [0.1, 0.15) is 5.69 Å². The second kappa shape index (κ2) is 7.41. The van der Waals surface area contributed by atoms with Gasteiger partial charge in [-0.25, -0.2) is 0 Å². The standard InChI is InChI=1S/C18H19Cl2N3O/c1-12-5-8-23(9-6-12)18(24)17-11-14(4-7-21-17)22-13-2-3-15(19)16(20)10-13/h2-4,7,10-12H,5-6,8-9H2,1H3,(H,21,22). The van der Waals surface area contributed by atoms with Crippen LogP contribution in [0.5, 0.6) is 0 Å². The Hall–Kier alpha value is -1.78. The molecule has 0 spiro atoms. The lowest BCUT2D eigenvalue weighted by Gasteiger charge is -2.30. The van der Waals surface area contributed by atoms with E-state index in [1.807, 2.05) is 17.0 Å². The number of nitrogens with one attached hydrogen (secondary N) is 1. The van der Waals surface area contributed by atoms with Crippen LogP contribution in [0.25, 0.3) is 0 Å². The summed E-state index contributed by atoms with van der Waals surface area (Å²) in [4.78, 5) is 18.7. The van der Waals surface area contributed by atoms with Gasteiger partial charge in [-0.1, -0.05) is 30.1 Å². The topological polar surface area (TPSA) is 45.2 Å². The summed E-state index contributed by atoms with van der Waals surface area (Å²) >= 11 is 12.0. The summed E-state index contributed by atoms with van der Waals surface area (Å²) < 4.78 is 0. The van der Waals surface area contributed by atoms with Gasteiger partial charge >= 0.3 is 0 Å². The van der Waals surface area contributed by atoms with Gasteiger partial charge in [-0.05, 0) is 49.1 Å². The zero-order valence-corrected chi connectivity index (χ0v) is 14.9. The molecule has 1 aromatic carbocycles. The molecule has 126 valence electrons. The van der Waals surface area contributed by atoms with Crippen molar-refractivity contribution >= 4 is 40.5 Å². The second-order valence-corrected chi connectivity index (χ2v) is 6.97. The number of halogens is 2. The predicted molar refractivity (Wildman–Crippen MR) is 98.3 cm³/mol. The molecule has 0 saturated carbocycles. The fourth-order valence-electron chi connectivity index (χ4n) is 2.74. The molecule has 0 atom stereocenters. The van der Waals surface area contributed by atoms with Gasteiger partial charge in [-0.15, -0.1) is 0 Å². The van der Waals surface area contributed by atoms with Crippen LogP contribution in [0.15, 0.2) is 36.5 Å². The summed E-state index contributed by atoms with van der Waals surface area (Å²) in [6, 6.07) is 8.90. The van der Waals surface area contributed by atoms with Crippen molar-refractivity contribution in [3.8, 4) is 0 Å². The van der Waals surface area contributed by atoms with E-state index in [9.17, 15) is 4.79 Å². The van der Waals surface area contributed by atoms with Crippen LogP contribution in [0, 0.1) is 5.92 Å². The lowest BCUT2D eigenvalue weighted by atomic mass is 9.99. The molecule has 1 fully saturated rings. The minimum Gasteiger partial charge on any atom is -0.355 e. The van der Waals surface area contributed by atoms with Crippen molar-refractivity contribution in [1.29, 1.82) is 0 Å². The quantitative estimate of drug-likeness (QED) is 0.833. The first-order valence-corrected chi connectivity index (χ1v) is 8.76. The Bertz CT molecular complexity index is 743. The van der Waals surface area contributed by atoms with E-state index in [-0.39, 0.29) is 5.91 Å². The average Bonchev–Trinajstić information content (AvgIpc) is 2.58. The average molecular weight is 364 g/mol. The van der Waals surface area contributed by atoms with Gasteiger partial charge in [0.25, 0.3) is 5.91 Å². The molecule has 6 heteroatoms. The molecule has 1 aliphatic heterocycles. The summed E-state index contributed by atoms with van der Waals surface area (Å²) in [5, 5.41) is 4.21. The lowest BCUT2D eigenvalue weighted by molar-refractivity contribution is 0.0691. The molecule has 1 aliphatic rings. The molecule has 2 heterocycles. The highest BCUT2D eigenvalue weighted by Gasteiger charge is 2.22. The van der Waals surface area contributed by atoms with E-state index < -0.39 is 0 Å². The summed E-state index contributed by atoms with van der Waals surface area (Å²) in [6.45, 7) is 3.82. The number of carbonyl (C=O) groups is 1. The van der Waals surface area contributed by atoms with E-state index in [0.29, 0.717) is 21.7 Å². The number of amides is 1. The van der Waals surface area contributed by atoms with Crippen LogP contribution < -0.4 is 5.32 Å². The third kappa shape index (κ3) is 4.00. The number of piperidine rings is 1.